The number of carbonyl (C=O) groups is 1. The Kier molecular flexibility index (Phi) is 6.34. The van der Waals surface area contributed by atoms with E-state index in [1.165, 1.54) is 23.1 Å². The zero-order chi connectivity index (χ0) is 26.5. The first kappa shape index (κ1) is 25.1. The smallest absolute Gasteiger partial charge is 0.417 e. The molecule has 2 aromatic carbocycles. The number of hydrogen-bond donors (Lipinski definition) is 4. The van der Waals surface area contributed by atoms with Crippen molar-refractivity contribution < 1.29 is 33.3 Å². The topological polar surface area (TPSA) is 123 Å². The highest BCUT2D eigenvalue weighted by atomic mass is 35.5. The fraction of sp³-hybridized carbons (Fsp3) is 0.208. The summed E-state index contributed by atoms with van der Waals surface area (Å²) in [6.07, 6.45) is -2.79. The third kappa shape index (κ3) is 4.87. The summed E-state index contributed by atoms with van der Waals surface area (Å²) in [5.41, 5.74) is 0.255. The van der Waals surface area contributed by atoms with Crippen LogP contribution < -0.4 is 4.90 Å². The standard InChI is InChI=1S/C24H18ClF3N4O4S/c25-14-3-1-12(17(7-14)24(26,27)28)6-16(11-2-4-18-13(5-11)9-29-31-18)20-21(34)30-23(37-20)32-10-15(33)8-19(32)22(35)36/h1-7,9,15,19,33-34H,8,10H2,(H,29,31)(H,35,36)/t15-,19+/m1/s1. The van der Waals surface area contributed by atoms with Gasteiger partial charge in [0.05, 0.1) is 23.4 Å². The molecule has 0 unspecified atom stereocenters. The van der Waals surface area contributed by atoms with Crippen LogP contribution in [0.2, 0.25) is 5.02 Å². The number of nitrogens with one attached hydrogen (secondary N) is 1. The number of carboxylic acid groups (broad SMARTS) is 1. The van der Waals surface area contributed by atoms with Crippen LogP contribution in [0.5, 0.6) is 5.88 Å². The van der Waals surface area contributed by atoms with Gasteiger partial charge < -0.3 is 20.2 Å². The van der Waals surface area contributed by atoms with Gasteiger partial charge in [0.2, 0.25) is 5.88 Å². The number of aromatic hydroxyl groups is 1. The van der Waals surface area contributed by atoms with Gasteiger partial charge in [0.25, 0.3) is 0 Å². The first-order valence-corrected chi connectivity index (χ1v) is 12.1. The van der Waals surface area contributed by atoms with Crippen molar-refractivity contribution in [3.63, 3.8) is 0 Å². The molecule has 2 aromatic heterocycles. The summed E-state index contributed by atoms with van der Waals surface area (Å²) in [5, 5.41) is 37.9. The van der Waals surface area contributed by atoms with E-state index in [1.807, 2.05) is 0 Å². The first-order valence-electron chi connectivity index (χ1n) is 10.9. The molecule has 1 saturated heterocycles. The fourth-order valence-corrected chi connectivity index (χ4v) is 5.53. The van der Waals surface area contributed by atoms with Crippen molar-refractivity contribution in [1.82, 2.24) is 15.2 Å². The number of halogens is 4. The Morgan fingerprint density at radius 2 is 2.03 bits per heavy atom. The van der Waals surface area contributed by atoms with Crippen molar-refractivity contribution in [2.75, 3.05) is 11.4 Å². The highest BCUT2D eigenvalue weighted by Crippen LogP contribution is 2.43. The van der Waals surface area contributed by atoms with Crippen LogP contribution in [0.15, 0.2) is 42.6 Å². The molecule has 0 radical (unpaired) electrons. The second-order valence-electron chi connectivity index (χ2n) is 8.50. The zero-order valence-electron chi connectivity index (χ0n) is 18.7. The molecule has 192 valence electrons. The van der Waals surface area contributed by atoms with E-state index in [2.05, 4.69) is 15.2 Å². The molecule has 1 aliphatic heterocycles. The van der Waals surface area contributed by atoms with Gasteiger partial charge in [-0.3, -0.25) is 5.10 Å². The molecule has 5 rings (SSSR count). The van der Waals surface area contributed by atoms with Gasteiger partial charge in [-0.05, 0) is 41.5 Å². The number of benzene rings is 2. The SMILES string of the molecule is O=C(O)[C@@H]1C[C@@H](O)CN1c1nc(O)c(C(=Cc2ccc(Cl)cc2C(F)(F)F)c2ccc3[nH]ncc3c2)s1. The Balaban J connectivity index is 1.69. The molecule has 0 spiro atoms. The number of aromatic nitrogens is 3. The van der Waals surface area contributed by atoms with Gasteiger partial charge in [0.1, 0.15) is 10.9 Å². The zero-order valence-corrected chi connectivity index (χ0v) is 20.3. The van der Waals surface area contributed by atoms with Crippen LogP contribution in [-0.2, 0) is 11.0 Å². The van der Waals surface area contributed by atoms with Crippen LogP contribution in [0.3, 0.4) is 0 Å². The number of aliphatic hydroxyl groups is 1. The summed E-state index contributed by atoms with van der Waals surface area (Å²) in [6.45, 7) is -0.0151. The molecule has 0 saturated carbocycles. The molecular weight excluding hydrogens is 533 g/mol. The van der Waals surface area contributed by atoms with E-state index in [1.54, 1.807) is 24.4 Å². The Morgan fingerprint density at radius 1 is 1.24 bits per heavy atom. The largest absolute Gasteiger partial charge is 0.492 e. The number of aliphatic hydroxyl groups excluding tert-OH is 1. The van der Waals surface area contributed by atoms with Gasteiger partial charge in [0, 0.05) is 28.9 Å². The van der Waals surface area contributed by atoms with Gasteiger partial charge in [-0.1, -0.05) is 35.1 Å². The van der Waals surface area contributed by atoms with Crippen LogP contribution in [0.1, 0.15) is 28.0 Å². The normalized spacial score (nSPS) is 18.6. The predicted octanol–water partition coefficient (Wildman–Crippen LogP) is 5.01. The Labute approximate surface area is 216 Å². The summed E-state index contributed by atoms with van der Waals surface area (Å²) >= 11 is 6.76. The minimum Gasteiger partial charge on any atom is -0.492 e. The number of alkyl halides is 3. The van der Waals surface area contributed by atoms with Gasteiger partial charge in [-0.2, -0.15) is 23.3 Å². The van der Waals surface area contributed by atoms with Crippen molar-refractivity contribution in [2.45, 2.75) is 24.7 Å². The van der Waals surface area contributed by atoms with Gasteiger partial charge >= 0.3 is 12.1 Å². The van der Waals surface area contributed by atoms with Crippen LogP contribution in [0.4, 0.5) is 18.3 Å². The minimum atomic E-state index is -4.70. The van der Waals surface area contributed by atoms with E-state index in [0.29, 0.717) is 16.5 Å². The molecule has 4 N–H and O–H groups in total. The molecule has 0 aliphatic carbocycles. The predicted molar refractivity (Wildman–Crippen MR) is 133 cm³/mol. The Morgan fingerprint density at radius 3 is 2.76 bits per heavy atom. The highest BCUT2D eigenvalue weighted by molar-refractivity contribution is 7.17. The Hall–Kier alpha value is -3.61. The number of carboxylic acids is 1. The van der Waals surface area contributed by atoms with Crippen molar-refractivity contribution in [3.05, 3.63) is 69.2 Å². The van der Waals surface area contributed by atoms with Crippen LogP contribution in [-0.4, -0.2) is 55.2 Å². The molecule has 13 heteroatoms. The van der Waals surface area contributed by atoms with Gasteiger partial charge in [-0.25, -0.2) is 4.79 Å². The van der Waals surface area contributed by atoms with E-state index in [0.717, 1.165) is 17.4 Å². The lowest BCUT2D eigenvalue weighted by Crippen LogP contribution is -2.35. The maximum Gasteiger partial charge on any atom is 0.417 e. The van der Waals surface area contributed by atoms with Crippen molar-refractivity contribution in [1.29, 1.82) is 0 Å². The number of aromatic amines is 1. The monoisotopic (exact) mass is 550 g/mol. The van der Waals surface area contributed by atoms with Crippen molar-refractivity contribution in [2.24, 2.45) is 0 Å². The molecule has 0 bridgehead atoms. The molecule has 8 nitrogen and oxygen atoms in total. The van der Waals surface area contributed by atoms with Crippen LogP contribution in [0, 0.1) is 0 Å². The van der Waals surface area contributed by atoms with Gasteiger partial charge in [-0.15, -0.1) is 0 Å². The van der Waals surface area contributed by atoms with E-state index < -0.39 is 35.7 Å². The summed E-state index contributed by atoms with van der Waals surface area (Å²) in [5.74, 6) is -1.64. The van der Waals surface area contributed by atoms with Crippen LogP contribution in [0.25, 0.3) is 22.6 Å². The third-order valence-electron chi connectivity index (χ3n) is 6.02. The van der Waals surface area contributed by atoms with E-state index >= 15 is 0 Å². The van der Waals surface area contributed by atoms with Crippen molar-refractivity contribution in [3.8, 4) is 5.88 Å². The molecule has 4 aromatic rings. The quantitative estimate of drug-likeness (QED) is 0.258. The number of β-amino-alcohol motifs (C(OH)–C–C–N with tert-alkyl or cyclic N) is 1. The van der Waals surface area contributed by atoms with E-state index in [4.69, 9.17) is 11.6 Å². The number of rotatable bonds is 5. The molecule has 1 aliphatic rings. The molecule has 3 heterocycles. The fourth-order valence-electron chi connectivity index (χ4n) is 4.30. The summed E-state index contributed by atoms with van der Waals surface area (Å²) in [7, 11) is 0. The van der Waals surface area contributed by atoms with Crippen molar-refractivity contribution >= 4 is 56.6 Å². The number of anilines is 1. The number of thiazole rings is 1. The second-order valence-corrected chi connectivity index (χ2v) is 9.92. The number of nitrogens with zero attached hydrogens (tertiary/aromatic N) is 3. The average molecular weight is 551 g/mol. The second kappa shape index (κ2) is 9.36. The molecule has 37 heavy (non-hydrogen) atoms. The summed E-state index contributed by atoms with van der Waals surface area (Å²) in [6, 6.07) is 7.40. The maximum absolute atomic E-state index is 13.8. The molecular formula is C24H18ClF3N4O4S. The number of aliphatic carboxylic acids is 1. The van der Waals surface area contributed by atoms with E-state index in [-0.39, 0.29) is 39.1 Å². The molecule has 1 fully saturated rings. The Bertz CT molecular complexity index is 1530. The average Bonchev–Trinajstić information content (AvgIpc) is 3.55. The number of fused-ring (bicyclic) bond motifs is 1. The number of hydrogen-bond acceptors (Lipinski definition) is 7. The minimum absolute atomic E-state index is 0.0151. The number of H-pyrrole nitrogens is 1. The summed E-state index contributed by atoms with van der Waals surface area (Å²) in [4.78, 5) is 17.3. The lowest BCUT2D eigenvalue weighted by molar-refractivity contribution is -0.139. The first-order chi connectivity index (χ1) is 17.5. The molecule has 0 amide bonds. The lowest BCUT2D eigenvalue weighted by atomic mass is 9.98. The van der Waals surface area contributed by atoms with E-state index in [9.17, 15) is 33.3 Å². The van der Waals surface area contributed by atoms with Crippen LogP contribution >= 0.6 is 22.9 Å². The summed E-state index contributed by atoms with van der Waals surface area (Å²) < 4.78 is 41.5. The molecule has 2 atom stereocenters. The maximum atomic E-state index is 13.8. The lowest BCUT2D eigenvalue weighted by Gasteiger charge is -2.19. The third-order valence-corrected chi connectivity index (χ3v) is 7.37. The van der Waals surface area contributed by atoms with Gasteiger partial charge in [0.15, 0.2) is 5.13 Å². The highest BCUT2D eigenvalue weighted by Gasteiger charge is 2.38.